The van der Waals surface area contributed by atoms with Gasteiger partial charge in [-0.15, -0.1) is 0 Å². The van der Waals surface area contributed by atoms with E-state index in [9.17, 15) is 28.4 Å². The summed E-state index contributed by atoms with van der Waals surface area (Å²) >= 11 is 0. The Balaban J connectivity index is 1.96. The Bertz CT molecular complexity index is 1320. The van der Waals surface area contributed by atoms with Crippen molar-refractivity contribution in [1.82, 2.24) is 14.6 Å². The largest absolute Gasteiger partial charge is 0.462 e. The minimum atomic E-state index is -4.45. The molecule has 0 saturated carbocycles. The van der Waals surface area contributed by atoms with Gasteiger partial charge >= 0.3 is 19.4 Å². The fourth-order valence-corrected chi connectivity index (χ4v) is 5.92. The standard InChI is InChI=1S/C24H34FN4O9P/c1-14(2)35-20(32)15(3)28-39(34,37-16-9-7-6-8-10-16)38-23(4,5)19-18(31)24(26,13-25)21(36-19)29-12-11-17(30)27-22(29)33/h6-12,14-15,18-19,21,31H,13,26H2,1-5H3,(H,28,34)(H,27,30,33)/t15-,18?,19-,21+,24+,39+/m0/s1. The number of nitrogens with one attached hydrogen (secondary N) is 2. The molecule has 5 N–H and O–H groups in total. The number of hydrogen-bond donors (Lipinski definition) is 4. The summed E-state index contributed by atoms with van der Waals surface area (Å²) in [5, 5.41) is 13.6. The molecule has 15 heteroatoms. The summed E-state index contributed by atoms with van der Waals surface area (Å²) in [6.07, 6.45) is -4.21. The van der Waals surface area contributed by atoms with E-state index in [0.29, 0.717) is 0 Å². The number of rotatable bonds is 11. The molecule has 1 saturated heterocycles. The van der Waals surface area contributed by atoms with E-state index in [1.165, 1.54) is 32.9 Å². The van der Waals surface area contributed by atoms with Gasteiger partial charge in [-0.25, -0.2) is 13.8 Å². The monoisotopic (exact) mass is 572 g/mol. The van der Waals surface area contributed by atoms with Crippen LogP contribution in [0.2, 0.25) is 0 Å². The van der Waals surface area contributed by atoms with Gasteiger partial charge in [0.05, 0.1) is 6.10 Å². The molecule has 0 bridgehead atoms. The number of H-pyrrole nitrogens is 1. The molecular formula is C24H34FN4O9P. The van der Waals surface area contributed by atoms with Crippen LogP contribution in [0.15, 0.2) is 52.2 Å². The zero-order chi connectivity index (χ0) is 29.2. The molecule has 216 valence electrons. The highest BCUT2D eigenvalue weighted by Crippen LogP contribution is 2.52. The predicted octanol–water partition coefficient (Wildman–Crippen LogP) is 1.37. The molecule has 1 aromatic heterocycles. The van der Waals surface area contributed by atoms with Gasteiger partial charge in [0.15, 0.2) is 6.23 Å². The zero-order valence-electron chi connectivity index (χ0n) is 22.2. The van der Waals surface area contributed by atoms with Gasteiger partial charge in [-0.05, 0) is 46.8 Å². The third-order valence-corrected chi connectivity index (χ3v) is 7.84. The van der Waals surface area contributed by atoms with Crippen LogP contribution < -0.4 is 26.6 Å². The maximum atomic E-state index is 14.3. The van der Waals surface area contributed by atoms with Crippen LogP contribution in [0.25, 0.3) is 0 Å². The maximum Gasteiger partial charge on any atom is 0.460 e. The van der Waals surface area contributed by atoms with Crippen molar-refractivity contribution in [3.05, 3.63) is 63.4 Å². The lowest BCUT2D eigenvalue weighted by atomic mass is 9.86. The third kappa shape index (κ3) is 6.83. The number of aromatic amines is 1. The van der Waals surface area contributed by atoms with Crippen molar-refractivity contribution in [1.29, 1.82) is 0 Å². The number of esters is 1. The molecule has 0 radical (unpaired) electrons. The minimum absolute atomic E-state index is 0.135. The van der Waals surface area contributed by atoms with E-state index in [0.717, 1.165) is 16.8 Å². The second kappa shape index (κ2) is 11.7. The first-order chi connectivity index (χ1) is 18.1. The van der Waals surface area contributed by atoms with Gasteiger partial charge in [0.2, 0.25) is 0 Å². The molecule has 1 aliphatic heterocycles. The predicted molar refractivity (Wildman–Crippen MR) is 138 cm³/mol. The molecule has 39 heavy (non-hydrogen) atoms. The molecule has 0 spiro atoms. The quantitative estimate of drug-likeness (QED) is 0.225. The average molecular weight is 573 g/mol. The number of aliphatic hydroxyl groups excluding tert-OH is 1. The lowest BCUT2D eigenvalue weighted by Gasteiger charge is -2.37. The zero-order valence-corrected chi connectivity index (χ0v) is 23.1. The molecule has 3 rings (SSSR count). The first kappa shape index (κ1) is 30.7. The van der Waals surface area contributed by atoms with Crippen LogP contribution in [0.1, 0.15) is 40.8 Å². The smallest absolute Gasteiger partial charge is 0.460 e. The Morgan fingerprint density at radius 1 is 1.28 bits per heavy atom. The maximum absolute atomic E-state index is 14.3. The van der Waals surface area contributed by atoms with E-state index in [1.54, 1.807) is 32.0 Å². The van der Waals surface area contributed by atoms with Gasteiger partial charge in [-0.3, -0.25) is 23.7 Å². The summed E-state index contributed by atoms with van der Waals surface area (Å²) in [6, 6.07) is 7.83. The second-order valence-corrected chi connectivity index (χ2v) is 11.7. The van der Waals surface area contributed by atoms with E-state index in [1.807, 2.05) is 4.98 Å². The van der Waals surface area contributed by atoms with E-state index < -0.39 is 73.4 Å². The topological polar surface area (TPSA) is 184 Å². The lowest BCUT2D eigenvalue weighted by molar-refractivity contribution is -0.149. The first-order valence-corrected chi connectivity index (χ1v) is 13.7. The third-order valence-electron chi connectivity index (χ3n) is 5.97. The number of aliphatic hydroxyl groups is 1. The Morgan fingerprint density at radius 2 is 1.92 bits per heavy atom. The number of aromatic nitrogens is 2. The Hall–Kier alpha value is -2.87. The van der Waals surface area contributed by atoms with Crippen LogP contribution in [0.4, 0.5) is 4.39 Å². The summed E-state index contributed by atoms with van der Waals surface area (Å²) in [4.78, 5) is 38.4. The van der Waals surface area contributed by atoms with E-state index in [-0.39, 0.29) is 5.75 Å². The number of hydrogen-bond acceptors (Lipinski definition) is 10. The molecule has 1 aromatic carbocycles. The first-order valence-electron chi connectivity index (χ1n) is 12.2. The Morgan fingerprint density at radius 3 is 2.49 bits per heavy atom. The Kier molecular flexibility index (Phi) is 9.20. The van der Waals surface area contributed by atoms with Crippen molar-refractivity contribution in [2.24, 2.45) is 5.73 Å². The highest BCUT2D eigenvalue weighted by Gasteiger charge is 2.61. The van der Waals surface area contributed by atoms with Crippen molar-refractivity contribution >= 4 is 13.7 Å². The molecule has 0 aliphatic carbocycles. The van der Waals surface area contributed by atoms with E-state index >= 15 is 0 Å². The van der Waals surface area contributed by atoms with Gasteiger partial charge in [-0.1, -0.05) is 18.2 Å². The van der Waals surface area contributed by atoms with Crippen molar-refractivity contribution in [2.45, 2.75) is 76.3 Å². The van der Waals surface area contributed by atoms with Crippen LogP contribution >= 0.6 is 7.75 Å². The van der Waals surface area contributed by atoms with Crippen molar-refractivity contribution in [3.8, 4) is 5.75 Å². The van der Waals surface area contributed by atoms with Crippen molar-refractivity contribution in [2.75, 3.05) is 6.67 Å². The molecule has 13 nitrogen and oxygen atoms in total. The molecule has 1 aliphatic rings. The van der Waals surface area contributed by atoms with Crippen LogP contribution in [0.3, 0.4) is 0 Å². The number of nitrogens with two attached hydrogens (primary N) is 1. The van der Waals surface area contributed by atoms with Crippen LogP contribution in [0, 0.1) is 0 Å². The van der Waals surface area contributed by atoms with Crippen molar-refractivity contribution in [3.63, 3.8) is 0 Å². The average Bonchev–Trinajstić information content (AvgIpc) is 3.10. The molecule has 1 fully saturated rings. The van der Waals surface area contributed by atoms with Gasteiger partial charge in [0.1, 0.15) is 41.8 Å². The van der Waals surface area contributed by atoms with Crippen molar-refractivity contribution < 1.29 is 37.4 Å². The summed E-state index contributed by atoms with van der Waals surface area (Å²) in [5.41, 5.74) is 0.669. The molecule has 1 unspecified atom stereocenters. The van der Waals surface area contributed by atoms with Crippen LogP contribution in [-0.4, -0.2) is 62.8 Å². The molecule has 6 atom stereocenters. The summed E-state index contributed by atoms with van der Waals surface area (Å²) < 4.78 is 51.7. The summed E-state index contributed by atoms with van der Waals surface area (Å²) in [5.74, 6) is -0.590. The van der Waals surface area contributed by atoms with Gasteiger partial charge in [-0.2, -0.15) is 5.09 Å². The Labute approximate surface area is 224 Å². The SMILES string of the molecule is CC(C)OC(=O)[C@H](C)N[P@@](=O)(Oc1ccccc1)OC(C)(C)[C@H]1O[C@@H](n2ccc(=O)[nH]c2=O)[C@@](N)(CF)C1O. The van der Waals surface area contributed by atoms with Gasteiger partial charge in [0, 0.05) is 12.3 Å². The minimum Gasteiger partial charge on any atom is -0.462 e. The highest BCUT2D eigenvalue weighted by molar-refractivity contribution is 7.52. The van der Waals surface area contributed by atoms with Crippen LogP contribution in [0.5, 0.6) is 5.75 Å². The normalized spacial score (nSPS) is 25.7. The lowest BCUT2D eigenvalue weighted by Crippen LogP contribution is -2.59. The van der Waals surface area contributed by atoms with Gasteiger partial charge in [0.25, 0.3) is 5.56 Å². The molecular weight excluding hydrogens is 538 g/mol. The summed E-state index contributed by atoms with van der Waals surface area (Å²) in [7, 11) is -4.45. The fraction of sp³-hybridized carbons (Fsp3) is 0.542. The number of benzene rings is 1. The van der Waals surface area contributed by atoms with E-state index in [4.69, 9.17) is 24.3 Å². The van der Waals surface area contributed by atoms with Gasteiger partial charge < -0.3 is 24.8 Å². The number of carbonyl (C=O) groups is 1. The van der Waals surface area contributed by atoms with Crippen LogP contribution in [-0.2, 0) is 23.4 Å². The second-order valence-electron chi connectivity index (χ2n) is 10.1. The number of nitrogens with zero attached hydrogens (tertiary/aromatic N) is 1. The number of carbonyl (C=O) groups excluding carboxylic acids is 1. The molecule has 2 aromatic rings. The molecule has 2 heterocycles. The van der Waals surface area contributed by atoms with E-state index in [2.05, 4.69) is 5.09 Å². The summed E-state index contributed by atoms with van der Waals surface area (Å²) in [6.45, 7) is 6.14. The number of alkyl halides is 1. The highest BCUT2D eigenvalue weighted by atomic mass is 31.2. The fourth-order valence-electron chi connectivity index (χ4n) is 4.07. The number of para-hydroxylation sites is 1. The number of ether oxygens (including phenoxy) is 2. The number of halogens is 1. The molecule has 0 amide bonds.